The zero-order valence-electron chi connectivity index (χ0n) is 11.5. The van der Waals surface area contributed by atoms with Gasteiger partial charge in [-0.25, -0.2) is 0 Å². The van der Waals surface area contributed by atoms with Gasteiger partial charge in [-0.1, -0.05) is 26.0 Å². The minimum absolute atomic E-state index is 0.114. The topological polar surface area (TPSA) is 26.3 Å². The molecule has 0 bridgehead atoms. The van der Waals surface area contributed by atoms with Gasteiger partial charge in [-0.3, -0.25) is 4.79 Å². The van der Waals surface area contributed by atoms with Crippen molar-refractivity contribution in [2.45, 2.75) is 33.6 Å². The molecule has 0 radical (unpaired) electrons. The van der Waals surface area contributed by atoms with E-state index >= 15 is 0 Å². The van der Waals surface area contributed by atoms with Crippen molar-refractivity contribution in [3.05, 3.63) is 25.3 Å². The highest BCUT2D eigenvalue weighted by Gasteiger charge is 2.55. The third kappa shape index (κ3) is 2.99. The Morgan fingerprint density at radius 2 is 1.65 bits per heavy atom. The minimum atomic E-state index is -0.253. The van der Waals surface area contributed by atoms with Crippen LogP contribution in [-0.2, 0) is 9.53 Å². The van der Waals surface area contributed by atoms with Crippen molar-refractivity contribution in [1.29, 1.82) is 0 Å². The van der Waals surface area contributed by atoms with Gasteiger partial charge in [-0.15, -0.1) is 13.2 Å². The van der Waals surface area contributed by atoms with Crippen LogP contribution in [0.5, 0.6) is 0 Å². The van der Waals surface area contributed by atoms with Crippen molar-refractivity contribution in [2.75, 3.05) is 7.11 Å². The third-order valence-corrected chi connectivity index (χ3v) is 4.11. The standard InChI is InChI=1S/C8H12O2.C7H12/c1-4-6-5-8(6,2)7(9)10-3;1-4-6-5-7(6,2)3/h4,6H,1,5H2,2-3H3;4,6H,1,5H2,2-3H3. The molecule has 0 aromatic rings. The molecule has 3 unspecified atom stereocenters. The van der Waals surface area contributed by atoms with E-state index in [0.29, 0.717) is 11.3 Å². The highest BCUT2D eigenvalue weighted by molar-refractivity contribution is 5.80. The van der Waals surface area contributed by atoms with Gasteiger partial charge < -0.3 is 4.74 Å². The lowest BCUT2D eigenvalue weighted by Crippen LogP contribution is -2.15. The molecule has 2 aliphatic carbocycles. The average Bonchev–Trinajstić information content (AvgIpc) is 3.14. The third-order valence-electron chi connectivity index (χ3n) is 4.11. The largest absolute Gasteiger partial charge is 0.469 e. The zero-order chi connectivity index (χ0) is 13.3. The average molecular weight is 236 g/mol. The maximum atomic E-state index is 11.0. The van der Waals surface area contributed by atoms with E-state index in [1.165, 1.54) is 13.5 Å². The molecule has 2 fully saturated rings. The molecule has 2 rings (SSSR count). The second-order valence-electron chi connectivity index (χ2n) is 5.99. The van der Waals surface area contributed by atoms with Gasteiger partial charge in [0.05, 0.1) is 12.5 Å². The van der Waals surface area contributed by atoms with E-state index in [9.17, 15) is 4.79 Å². The fourth-order valence-electron chi connectivity index (χ4n) is 2.12. The summed E-state index contributed by atoms with van der Waals surface area (Å²) in [5, 5.41) is 0. The van der Waals surface area contributed by atoms with Crippen LogP contribution in [0.25, 0.3) is 0 Å². The minimum Gasteiger partial charge on any atom is -0.469 e. The number of hydrogen-bond donors (Lipinski definition) is 0. The maximum Gasteiger partial charge on any atom is 0.312 e. The summed E-state index contributed by atoms with van der Waals surface area (Å²) >= 11 is 0. The highest BCUT2D eigenvalue weighted by atomic mass is 16.5. The summed E-state index contributed by atoms with van der Waals surface area (Å²) in [6.45, 7) is 13.8. The smallest absolute Gasteiger partial charge is 0.312 e. The molecule has 2 saturated carbocycles. The van der Waals surface area contributed by atoms with Gasteiger partial charge in [0.15, 0.2) is 0 Å². The Morgan fingerprint density at radius 1 is 1.18 bits per heavy atom. The Labute approximate surface area is 105 Å². The number of carbonyl (C=O) groups is 1. The Morgan fingerprint density at radius 3 is 1.82 bits per heavy atom. The van der Waals surface area contributed by atoms with E-state index in [-0.39, 0.29) is 11.4 Å². The molecule has 0 aromatic carbocycles. The number of ether oxygens (including phenoxy) is 1. The second kappa shape index (κ2) is 4.67. The van der Waals surface area contributed by atoms with E-state index in [2.05, 4.69) is 37.8 Å². The van der Waals surface area contributed by atoms with E-state index in [1.807, 2.05) is 13.0 Å². The van der Waals surface area contributed by atoms with Gasteiger partial charge in [0.1, 0.15) is 0 Å². The van der Waals surface area contributed by atoms with Crippen molar-refractivity contribution in [3.63, 3.8) is 0 Å². The van der Waals surface area contributed by atoms with Crippen LogP contribution in [0.15, 0.2) is 25.3 Å². The molecule has 0 amide bonds. The first-order chi connectivity index (χ1) is 7.81. The summed E-state index contributed by atoms with van der Waals surface area (Å²) in [6.07, 6.45) is 6.11. The molecular weight excluding hydrogens is 212 g/mol. The molecule has 0 N–H and O–H groups in total. The summed E-state index contributed by atoms with van der Waals surface area (Å²) in [6, 6.07) is 0. The maximum absolute atomic E-state index is 11.0. The van der Waals surface area contributed by atoms with Gasteiger partial charge in [0.25, 0.3) is 0 Å². The number of carbonyl (C=O) groups excluding carboxylic acids is 1. The molecule has 2 heteroatoms. The quantitative estimate of drug-likeness (QED) is 0.553. The number of hydrogen-bond acceptors (Lipinski definition) is 2. The lowest BCUT2D eigenvalue weighted by Gasteiger charge is -2.04. The molecule has 0 spiro atoms. The monoisotopic (exact) mass is 236 g/mol. The summed E-state index contributed by atoms with van der Waals surface area (Å²) < 4.78 is 4.62. The van der Waals surface area contributed by atoms with Crippen LogP contribution in [0, 0.1) is 22.7 Å². The van der Waals surface area contributed by atoms with Gasteiger partial charge in [0, 0.05) is 0 Å². The van der Waals surface area contributed by atoms with Crippen molar-refractivity contribution in [1.82, 2.24) is 0 Å². The summed E-state index contributed by atoms with van der Waals surface area (Å²) in [5.41, 5.74) is 0.345. The molecule has 0 heterocycles. The fraction of sp³-hybridized carbons (Fsp3) is 0.667. The number of allylic oxidation sites excluding steroid dienone is 2. The van der Waals surface area contributed by atoms with Crippen LogP contribution in [-0.4, -0.2) is 13.1 Å². The first kappa shape index (κ1) is 14.0. The van der Waals surface area contributed by atoms with Crippen LogP contribution in [0.2, 0.25) is 0 Å². The molecule has 3 atom stereocenters. The van der Waals surface area contributed by atoms with E-state index in [0.717, 1.165) is 12.3 Å². The molecule has 2 aliphatic rings. The Hall–Kier alpha value is -1.05. The number of methoxy groups -OCH3 is 1. The summed E-state index contributed by atoms with van der Waals surface area (Å²) in [7, 11) is 1.42. The Bertz CT molecular complexity index is 330. The molecule has 2 nitrogen and oxygen atoms in total. The van der Waals surface area contributed by atoms with Crippen molar-refractivity contribution < 1.29 is 9.53 Å². The zero-order valence-corrected chi connectivity index (χ0v) is 11.5. The summed E-state index contributed by atoms with van der Waals surface area (Å²) in [4.78, 5) is 11.0. The lowest BCUT2D eigenvalue weighted by atomic mass is 10.1. The molecule has 17 heavy (non-hydrogen) atoms. The number of rotatable bonds is 3. The van der Waals surface area contributed by atoms with Crippen LogP contribution in [0.1, 0.15) is 33.6 Å². The fourth-order valence-corrected chi connectivity index (χ4v) is 2.12. The highest BCUT2D eigenvalue weighted by Crippen LogP contribution is 2.53. The van der Waals surface area contributed by atoms with E-state index in [4.69, 9.17) is 0 Å². The van der Waals surface area contributed by atoms with Crippen molar-refractivity contribution in [2.24, 2.45) is 22.7 Å². The van der Waals surface area contributed by atoms with E-state index < -0.39 is 0 Å². The second-order valence-corrected chi connectivity index (χ2v) is 5.99. The van der Waals surface area contributed by atoms with E-state index in [1.54, 1.807) is 0 Å². The van der Waals surface area contributed by atoms with Crippen molar-refractivity contribution >= 4 is 5.97 Å². The normalized spacial score (nSPS) is 36.0. The van der Waals surface area contributed by atoms with Gasteiger partial charge in [-0.2, -0.15) is 0 Å². The van der Waals surface area contributed by atoms with Gasteiger partial charge in [-0.05, 0) is 37.0 Å². The van der Waals surface area contributed by atoms with Crippen LogP contribution >= 0.6 is 0 Å². The van der Waals surface area contributed by atoms with Crippen LogP contribution < -0.4 is 0 Å². The molecule has 96 valence electrons. The van der Waals surface area contributed by atoms with Crippen molar-refractivity contribution in [3.8, 4) is 0 Å². The predicted molar refractivity (Wildman–Crippen MR) is 70.5 cm³/mol. The predicted octanol–water partition coefficient (Wildman–Crippen LogP) is 3.59. The van der Waals surface area contributed by atoms with Gasteiger partial charge in [0.2, 0.25) is 0 Å². The van der Waals surface area contributed by atoms with Crippen LogP contribution in [0.4, 0.5) is 0 Å². The molecule has 0 saturated heterocycles. The number of esters is 1. The molecular formula is C15H24O2. The van der Waals surface area contributed by atoms with Crippen LogP contribution in [0.3, 0.4) is 0 Å². The molecule has 0 aliphatic heterocycles. The molecule has 0 aromatic heterocycles. The van der Waals surface area contributed by atoms with Gasteiger partial charge >= 0.3 is 5.97 Å². The Balaban J connectivity index is 0.000000181. The first-order valence-corrected chi connectivity index (χ1v) is 6.15. The Kier molecular flexibility index (Phi) is 3.85. The summed E-state index contributed by atoms with van der Waals surface area (Å²) in [5.74, 6) is 1.03. The lowest BCUT2D eigenvalue weighted by molar-refractivity contribution is -0.146. The SMILES string of the molecule is C=CC1CC1(C)C.C=CC1CC1(C)C(=O)OC. The first-order valence-electron chi connectivity index (χ1n) is 6.15.